The first-order chi connectivity index (χ1) is 15.7. The van der Waals surface area contributed by atoms with E-state index in [0.29, 0.717) is 37.8 Å². The predicted octanol–water partition coefficient (Wildman–Crippen LogP) is 6.93. The van der Waals surface area contributed by atoms with Crippen molar-refractivity contribution in [1.82, 2.24) is 0 Å². The highest BCUT2D eigenvalue weighted by atomic mass is 32.1. The molecule has 190 valence electrons. The number of carboxylic acids is 1. The topological polar surface area (TPSA) is 83.9 Å². The molecular formula is C26H40NO5PS. The van der Waals surface area contributed by atoms with Gasteiger partial charge in [-0.05, 0) is 62.8 Å². The lowest BCUT2D eigenvalue weighted by Crippen LogP contribution is -2.48. The fourth-order valence-corrected chi connectivity index (χ4v) is 7.14. The molecule has 34 heavy (non-hydrogen) atoms. The maximum absolute atomic E-state index is 14.1. The van der Waals surface area contributed by atoms with Crippen molar-refractivity contribution in [3.8, 4) is 0 Å². The van der Waals surface area contributed by atoms with Crippen molar-refractivity contribution in [2.75, 3.05) is 18.2 Å². The fraction of sp³-hybridized carbons (Fsp3) is 0.692. The number of carbonyl (C=O) groups is 2. The Hall–Kier alpha value is -1.43. The summed E-state index contributed by atoms with van der Waals surface area (Å²) in [6, 6.07) is 1.83. The van der Waals surface area contributed by atoms with Gasteiger partial charge in [0.1, 0.15) is 4.88 Å². The third-order valence-corrected chi connectivity index (χ3v) is 9.27. The molecule has 0 aliphatic heterocycles. The Balaban J connectivity index is 1.99. The number of carbonyl (C=O) groups excluding carboxylic acids is 1. The van der Waals surface area contributed by atoms with Crippen molar-refractivity contribution in [3.05, 3.63) is 27.5 Å². The van der Waals surface area contributed by atoms with E-state index in [0.717, 1.165) is 11.3 Å². The van der Waals surface area contributed by atoms with Crippen LogP contribution in [0.4, 0.5) is 5.69 Å². The van der Waals surface area contributed by atoms with Gasteiger partial charge in [-0.25, -0.2) is 4.79 Å². The first kappa shape index (κ1) is 27.2. The van der Waals surface area contributed by atoms with Crippen LogP contribution in [0.5, 0.6) is 0 Å². The first-order valence-corrected chi connectivity index (χ1v) is 15.6. The maximum Gasteiger partial charge on any atom is 0.348 e. The van der Waals surface area contributed by atoms with Gasteiger partial charge >= 0.3 is 5.97 Å². The lowest BCUT2D eigenvalue weighted by atomic mass is 9.79. The minimum absolute atomic E-state index is 0.0260. The van der Waals surface area contributed by atoms with Crippen LogP contribution in [0, 0.1) is 11.8 Å². The molecule has 0 spiro atoms. The highest BCUT2D eigenvalue weighted by Crippen LogP contribution is 2.45. The zero-order chi connectivity index (χ0) is 25.4. The zero-order valence-corrected chi connectivity index (χ0v) is 23.3. The lowest BCUT2D eigenvalue weighted by molar-refractivity contribution is -0.124. The Morgan fingerprint density at radius 3 is 2.29 bits per heavy atom. The van der Waals surface area contributed by atoms with Gasteiger partial charge < -0.3 is 14.5 Å². The van der Waals surface area contributed by atoms with Crippen LogP contribution in [0.3, 0.4) is 0 Å². The molecule has 1 amide bonds. The minimum Gasteiger partial charge on any atom is -0.477 e. The summed E-state index contributed by atoms with van der Waals surface area (Å²) in [7, 11) is -2.59. The van der Waals surface area contributed by atoms with Gasteiger partial charge in [0, 0.05) is 30.2 Å². The van der Waals surface area contributed by atoms with Crippen LogP contribution in [-0.4, -0.2) is 42.5 Å². The van der Waals surface area contributed by atoms with E-state index >= 15 is 0 Å². The Kier molecular flexibility index (Phi) is 8.21. The number of anilines is 1. The average molecular weight is 510 g/mol. The van der Waals surface area contributed by atoms with E-state index in [2.05, 4.69) is 40.7 Å². The summed E-state index contributed by atoms with van der Waals surface area (Å²) in [6.07, 6.45) is 6.45. The van der Waals surface area contributed by atoms with Gasteiger partial charge in [0.2, 0.25) is 5.91 Å². The molecule has 1 aromatic rings. The van der Waals surface area contributed by atoms with Crippen LogP contribution in [0.25, 0.3) is 0 Å². The molecule has 0 radical (unpaired) electrons. The predicted molar refractivity (Wildman–Crippen MR) is 140 cm³/mol. The summed E-state index contributed by atoms with van der Waals surface area (Å²) in [5, 5.41) is 10.1. The molecule has 1 N–H and O–H groups in total. The normalized spacial score (nSPS) is 26.1. The van der Waals surface area contributed by atoms with Crippen LogP contribution < -0.4 is 4.90 Å². The van der Waals surface area contributed by atoms with E-state index in [1.165, 1.54) is 16.9 Å². The lowest BCUT2D eigenvalue weighted by Gasteiger charge is -2.40. The number of thiophene rings is 1. The van der Waals surface area contributed by atoms with Crippen LogP contribution in [0.1, 0.15) is 87.7 Å². The van der Waals surface area contributed by atoms with Crippen molar-refractivity contribution in [2.24, 2.45) is 11.8 Å². The first-order valence-electron chi connectivity index (χ1n) is 12.3. The summed E-state index contributed by atoms with van der Waals surface area (Å²) >= 11 is 1.27. The number of nitrogens with zero attached hydrogens (tertiary/aromatic N) is 1. The zero-order valence-electron chi connectivity index (χ0n) is 21.6. The molecular weight excluding hydrogens is 469 g/mol. The summed E-state index contributed by atoms with van der Waals surface area (Å²) < 4.78 is 17.9. The number of hydrogen-bond acceptors (Lipinski definition) is 5. The summed E-state index contributed by atoms with van der Waals surface area (Å²) in [6.45, 7) is 13.7. The van der Waals surface area contributed by atoms with Gasteiger partial charge in [0.05, 0.1) is 11.8 Å². The molecule has 2 atom stereocenters. The smallest absolute Gasteiger partial charge is 0.348 e. The number of carboxylic acid groups (broad SMARTS) is 1. The van der Waals surface area contributed by atoms with E-state index in [-0.39, 0.29) is 40.2 Å². The van der Waals surface area contributed by atoms with E-state index < -0.39 is 13.3 Å². The monoisotopic (exact) mass is 509 g/mol. The number of allylic oxidation sites excluding steroid dienone is 2. The molecule has 0 saturated heterocycles. The molecule has 2 aliphatic carbocycles. The highest BCUT2D eigenvalue weighted by Gasteiger charge is 2.39. The molecule has 1 saturated carbocycles. The number of aromatic carboxylic acids is 1. The molecule has 1 aromatic heterocycles. The Labute approximate surface area is 208 Å². The van der Waals surface area contributed by atoms with E-state index in [9.17, 15) is 19.3 Å². The van der Waals surface area contributed by atoms with Gasteiger partial charge in [-0.15, -0.1) is 11.3 Å². The van der Waals surface area contributed by atoms with Crippen LogP contribution in [-0.2, 0) is 19.3 Å². The van der Waals surface area contributed by atoms with Crippen molar-refractivity contribution < 1.29 is 23.8 Å². The van der Waals surface area contributed by atoms with Crippen molar-refractivity contribution in [2.45, 2.75) is 90.7 Å². The molecule has 8 heteroatoms. The third kappa shape index (κ3) is 6.41. The van der Waals surface area contributed by atoms with Crippen molar-refractivity contribution in [1.29, 1.82) is 0 Å². The number of hydrogen-bond donors (Lipinski definition) is 1. The fourth-order valence-electron chi connectivity index (χ4n) is 5.16. The van der Waals surface area contributed by atoms with Crippen LogP contribution in [0.2, 0.25) is 0 Å². The Morgan fingerprint density at radius 2 is 1.79 bits per heavy atom. The van der Waals surface area contributed by atoms with E-state index in [4.69, 9.17) is 4.52 Å². The third-order valence-electron chi connectivity index (χ3n) is 6.92. The molecule has 0 aromatic carbocycles. The highest BCUT2D eigenvalue weighted by molar-refractivity contribution is 7.57. The van der Waals surface area contributed by atoms with E-state index in [1.807, 2.05) is 11.0 Å². The molecule has 3 rings (SSSR count). The summed E-state index contributed by atoms with van der Waals surface area (Å²) in [5.41, 5.74) is 1.63. The SMILES string of the molecule is CC1=CC[C@H](C(=O)N(c2cc(C(C)(C)C)sc2C(=O)O)[C@H]2CC[C@H](OP(C)(C)=O)CC2)[C@@H](C)C1. The Bertz CT molecular complexity index is 993. The quantitative estimate of drug-likeness (QED) is 0.332. The van der Waals surface area contributed by atoms with Crippen LogP contribution >= 0.6 is 18.7 Å². The van der Waals surface area contributed by atoms with Crippen LogP contribution in [0.15, 0.2) is 17.7 Å². The molecule has 0 unspecified atom stereocenters. The number of rotatable bonds is 6. The van der Waals surface area contributed by atoms with Gasteiger partial charge in [-0.2, -0.15) is 0 Å². The molecule has 0 bridgehead atoms. The van der Waals surface area contributed by atoms with Gasteiger partial charge in [-0.3, -0.25) is 9.36 Å². The molecule has 1 fully saturated rings. The second kappa shape index (κ2) is 10.3. The van der Waals surface area contributed by atoms with Crippen molar-refractivity contribution in [3.63, 3.8) is 0 Å². The second-order valence-electron chi connectivity index (χ2n) is 11.5. The summed E-state index contributed by atoms with van der Waals surface area (Å²) in [4.78, 5) is 29.4. The maximum atomic E-state index is 14.1. The van der Waals surface area contributed by atoms with E-state index in [1.54, 1.807) is 13.3 Å². The summed E-state index contributed by atoms with van der Waals surface area (Å²) in [5.74, 6) is -0.919. The minimum atomic E-state index is -2.59. The Morgan fingerprint density at radius 1 is 1.18 bits per heavy atom. The van der Waals surface area contributed by atoms with Gasteiger partial charge in [0.15, 0.2) is 7.37 Å². The number of amides is 1. The van der Waals surface area contributed by atoms with Gasteiger partial charge in [-0.1, -0.05) is 39.3 Å². The standard InChI is InChI=1S/C26H40NO5PS/c1-16-8-13-20(17(2)14-16)24(28)27(18-9-11-19(12-10-18)32-33(6,7)31)21-15-22(26(3,4)5)34-23(21)25(29)30/h8,15,17-20H,9-14H2,1-7H3,(H,29,30)/t17-,18-,19-,20-/m0/s1. The molecule has 1 heterocycles. The van der Waals surface area contributed by atoms with Crippen molar-refractivity contribution >= 4 is 36.3 Å². The molecule has 6 nitrogen and oxygen atoms in total. The second-order valence-corrected chi connectivity index (χ2v) is 15.2. The molecule has 2 aliphatic rings. The largest absolute Gasteiger partial charge is 0.477 e. The average Bonchev–Trinajstić information content (AvgIpc) is 3.14. The van der Waals surface area contributed by atoms with Gasteiger partial charge in [0.25, 0.3) is 0 Å².